The van der Waals surface area contributed by atoms with Crippen LogP contribution in [0, 0.1) is 32.8 Å². The Morgan fingerprint density at radius 2 is 1.81 bits per heavy atom. The molecule has 0 amide bonds. The number of ether oxygens (including phenoxy) is 2. The molecule has 7 nitrogen and oxygen atoms in total. The number of nitro benzene ring substituents is 1. The van der Waals surface area contributed by atoms with E-state index in [4.69, 9.17) is 20.0 Å². The Hall–Kier alpha value is -3.84. The third-order valence-electron chi connectivity index (χ3n) is 3.36. The van der Waals surface area contributed by atoms with E-state index in [1.54, 1.807) is 42.5 Å². The number of nitrogens with zero attached hydrogens (tertiary/aromatic N) is 3. The second-order valence-corrected chi connectivity index (χ2v) is 5.13. The van der Waals surface area contributed by atoms with Gasteiger partial charge in [0, 0.05) is 12.1 Å². The summed E-state index contributed by atoms with van der Waals surface area (Å²) in [6, 6.07) is 14.8. The summed E-state index contributed by atoms with van der Waals surface area (Å²) in [5, 5.41) is 28.4. The quantitative estimate of drug-likeness (QED) is 0.424. The topological polar surface area (TPSA) is 109 Å². The fraction of sp³-hybridized carbons (Fsp3) is 0.158. The predicted molar refractivity (Wildman–Crippen MR) is 94.2 cm³/mol. The van der Waals surface area contributed by atoms with Crippen LogP contribution in [0.1, 0.15) is 18.1 Å². The van der Waals surface area contributed by atoms with Gasteiger partial charge in [0.05, 0.1) is 11.5 Å². The summed E-state index contributed by atoms with van der Waals surface area (Å²) in [5.74, 6) is 0.983. The fourth-order valence-corrected chi connectivity index (χ4v) is 2.13. The second kappa shape index (κ2) is 8.86. The second-order valence-electron chi connectivity index (χ2n) is 5.13. The molecule has 0 fully saturated rings. The molecule has 2 aromatic carbocycles. The van der Waals surface area contributed by atoms with E-state index in [-0.39, 0.29) is 17.9 Å². The van der Waals surface area contributed by atoms with E-state index >= 15 is 0 Å². The van der Waals surface area contributed by atoms with Crippen molar-refractivity contribution in [2.45, 2.75) is 13.5 Å². The van der Waals surface area contributed by atoms with E-state index in [2.05, 4.69) is 0 Å². The van der Waals surface area contributed by atoms with Crippen LogP contribution in [-0.2, 0) is 6.61 Å². The molecule has 0 aliphatic heterocycles. The van der Waals surface area contributed by atoms with E-state index in [0.717, 1.165) is 5.56 Å². The first-order chi connectivity index (χ1) is 12.6. The van der Waals surface area contributed by atoms with Crippen molar-refractivity contribution in [2.24, 2.45) is 0 Å². The first-order valence-electron chi connectivity index (χ1n) is 7.72. The molecular formula is C19H15N3O4. The number of nitro groups is 1. The maximum absolute atomic E-state index is 10.7. The number of rotatable bonds is 7. The molecule has 0 aliphatic carbocycles. The van der Waals surface area contributed by atoms with Crippen LogP contribution in [0.4, 0.5) is 5.69 Å². The molecule has 0 spiro atoms. The van der Waals surface area contributed by atoms with Gasteiger partial charge in [0.2, 0.25) is 0 Å². The minimum Gasteiger partial charge on any atom is -0.490 e. The Kier molecular flexibility index (Phi) is 6.30. The van der Waals surface area contributed by atoms with Gasteiger partial charge in [0.1, 0.15) is 24.3 Å². The normalized spacial score (nSPS) is 9.50. The number of allylic oxidation sites excluding steroid dienone is 1. The molecule has 0 aromatic heterocycles. The largest absolute Gasteiger partial charge is 0.490 e. The van der Waals surface area contributed by atoms with Crippen LogP contribution in [0.25, 0.3) is 6.08 Å². The molecular weight excluding hydrogens is 334 g/mol. The summed E-state index contributed by atoms with van der Waals surface area (Å²) < 4.78 is 11.3. The smallest absolute Gasteiger partial charge is 0.269 e. The lowest BCUT2D eigenvalue weighted by Crippen LogP contribution is -2.00. The maximum Gasteiger partial charge on any atom is 0.269 e. The molecule has 2 aromatic rings. The van der Waals surface area contributed by atoms with Crippen molar-refractivity contribution in [3.05, 3.63) is 69.3 Å². The first kappa shape index (κ1) is 18.5. The molecule has 0 bridgehead atoms. The van der Waals surface area contributed by atoms with Gasteiger partial charge in [-0.15, -0.1) is 0 Å². The van der Waals surface area contributed by atoms with Gasteiger partial charge in [-0.3, -0.25) is 10.1 Å². The van der Waals surface area contributed by atoms with Crippen molar-refractivity contribution in [2.75, 3.05) is 6.61 Å². The number of benzene rings is 2. The van der Waals surface area contributed by atoms with Crippen molar-refractivity contribution in [1.29, 1.82) is 10.5 Å². The highest BCUT2D eigenvalue weighted by Gasteiger charge is 2.08. The molecule has 0 radical (unpaired) electrons. The zero-order chi connectivity index (χ0) is 18.9. The van der Waals surface area contributed by atoms with E-state index in [1.165, 1.54) is 18.2 Å². The minimum absolute atomic E-state index is 0.00741. The molecule has 0 saturated carbocycles. The molecule has 26 heavy (non-hydrogen) atoms. The Bertz CT molecular complexity index is 890. The van der Waals surface area contributed by atoms with Gasteiger partial charge in [-0.1, -0.05) is 6.07 Å². The Labute approximate surface area is 150 Å². The van der Waals surface area contributed by atoms with Crippen LogP contribution in [0.2, 0.25) is 0 Å². The highest BCUT2D eigenvalue weighted by atomic mass is 16.6. The predicted octanol–water partition coefficient (Wildman–Crippen LogP) is 4.00. The van der Waals surface area contributed by atoms with Crippen molar-refractivity contribution in [3.8, 4) is 23.6 Å². The van der Waals surface area contributed by atoms with Crippen LogP contribution in [0.3, 0.4) is 0 Å². The third kappa shape index (κ3) is 4.83. The summed E-state index contributed by atoms with van der Waals surface area (Å²) in [6.45, 7) is 2.47. The number of hydrogen-bond acceptors (Lipinski definition) is 6. The first-order valence-corrected chi connectivity index (χ1v) is 7.72. The fourth-order valence-electron chi connectivity index (χ4n) is 2.13. The minimum atomic E-state index is -0.458. The van der Waals surface area contributed by atoms with Crippen molar-refractivity contribution >= 4 is 11.8 Å². The Balaban J connectivity index is 2.18. The lowest BCUT2D eigenvalue weighted by atomic mass is 10.1. The summed E-state index contributed by atoms with van der Waals surface area (Å²) in [5.41, 5.74) is 1.44. The van der Waals surface area contributed by atoms with E-state index in [1.807, 2.05) is 6.92 Å². The van der Waals surface area contributed by atoms with Crippen LogP contribution in [0.5, 0.6) is 11.5 Å². The van der Waals surface area contributed by atoms with Crippen LogP contribution >= 0.6 is 0 Å². The Morgan fingerprint density at radius 1 is 1.12 bits per heavy atom. The number of nitriles is 2. The standard InChI is InChI=1S/C19H15N3O4/c1-2-25-19-10-15(9-16(11-20)12-21)5-8-18(19)26-13-14-3-6-17(7-4-14)22(23)24/h3-10H,2,13H2,1H3. The molecule has 0 saturated heterocycles. The van der Waals surface area contributed by atoms with Crippen molar-refractivity contribution in [3.63, 3.8) is 0 Å². The summed E-state index contributed by atoms with van der Waals surface area (Å²) in [4.78, 5) is 10.2. The summed E-state index contributed by atoms with van der Waals surface area (Å²) in [6.07, 6.45) is 1.46. The molecule has 0 atom stereocenters. The molecule has 0 N–H and O–H groups in total. The molecule has 7 heteroatoms. The van der Waals surface area contributed by atoms with E-state index in [9.17, 15) is 10.1 Å². The van der Waals surface area contributed by atoms with E-state index in [0.29, 0.717) is 23.7 Å². The van der Waals surface area contributed by atoms with Crippen molar-refractivity contribution in [1.82, 2.24) is 0 Å². The maximum atomic E-state index is 10.7. The molecule has 0 aliphatic rings. The van der Waals surface area contributed by atoms with Gasteiger partial charge in [-0.2, -0.15) is 10.5 Å². The summed E-state index contributed by atoms with van der Waals surface area (Å²) in [7, 11) is 0. The van der Waals surface area contributed by atoms with E-state index < -0.39 is 4.92 Å². The molecule has 130 valence electrons. The Morgan fingerprint density at radius 3 is 2.38 bits per heavy atom. The highest BCUT2D eigenvalue weighted by molar-refractivity contribution is 5.64. The van der Waals surface area contributed by atoms with Gasteiger partial charge in [-0.05, 0) is 48.4 Å². The zero-order valence-corrected chi connectivity index (χ0v) is 14.0. The summed E-state index contributed by atoms with van der Waals surface area (Å²) >= 11 is 0. The lowest BCUT2D eigenvalue weighted by Gasteiger charge is -2.12. The highest BCUT2D eigenvalue weighted by Crippen LogP contribution is 2.30. The van der Waals surface area contributed by atoms with Gasteiger partial charge in [0.15, 0.2) is 11.5 Å². The molecule has 0 heterocycles. The number of non-ortho nitro benzene ring substituents is 1. The van der Waals surface area contributed by atoms with Gasteiger partial charge in [0.25, 0.3) is 5.69 Å². The van der Waals surface area contributed by atoms with Crippen LogP contribution in [-0.4, -0.2) is 11.5 Å². The zero-order valence-electron chi connectivity index (χ0n) is 14.0. The van der Waals surface area contributed by atoms with Gasteiger partial charge >= 0.3 is 0 Å². The lowest BCUT2D eigenvalue weighted by molar-refractivity contribution is -0.384. The van der Waals surface area contributed by atoms with Gasteiger partial charge in [-0.25, -0.2) is 0 Å². The molecule has 0 unspecified atom stereocenters. The monoisotopic (exact) mass is 349 g/mol. The van der Waals surface area contributed by atoms with Crippen LogP contribution in [0.15, 0.2) is 48.0 Å². The van der Waals surface area contributed by atoms with Crippen LogP contribution < -0.4 is 9.47 Å². The average molecular weight is 349 g/mol. The third-order valence-corrected chi connectivity index (χ3v) is 3.36. The van der Waals surface area contributed by atoms with Gasteiger partial charge < -0.3 is 9.47 Å². The SMILES string of the molecule is CCOc1cc(C=C(C#N)C#N)ccc1OCc1ccc([N+](=O)[O-])cc1. The average Bonchev–Trinajstić information content (AvgIpc) is 2.66. The number of hydrogen-bond donors (Lipinski definition) is 0. The van der Waals surface area contributed by atoms with Crippen molar-refractivity contribution < 1.29 is 14.4 Å². The molecule has 2 rings (SSSR count).